The second-order valence-electron chi connectivity index (χ2n) is 5.22. The first-order chi connectivity index (χ1) is 7.50. The quantitative estimate of drug-likeness (QED) is 0.806. The number of hydrogen-bond acceptors (Lipinski definition) is 3. The van der Waals surface area contributed by atoms with Crippen molar-refractivity contribution in [1.29, 1.82) is 0 Å². The van der Waals surface area contributed by atoms with Crippen molar-refractivity contribution in [3.8, 4) is 0 Å². The molecule has 0 saturated carbocycles. The van der Waals surface area contributed by atoms with Crippen molar-refractivity contribution in [2.75, 3.05) is 26.2 Å². The van der Waals surface area contributed by atoms with E-state index in [1.165, 1.54) is 0 Å². The zero-order valence-corrected chi connectivity index (χ0v) is 10.8. The first-order valence-electron chi connectivity index (χ1n) is 6.15. The molecule has 1 heterocycles. The van der Waals surface area contributed by atoms with Crippen LogP contribution in [-0.4, -0.2) is 43.3 Å². The van der Waals surface area contributed by atoms with Crippen molar-refractivity contribution < 1.29 is 11.0 Å². The second kappa shape index (κ2) is 6.09. The molecule has 0 aromatic rings. The predicted molar refractivity (Wildman–Crippen MR) is 66.5 cm³/mol. The molecule has 1 saturated heterocycles. The van der Waals surface area contributed by atoms with Gasteiger partial charge in [0.1, 0.15) is 0 Å². The first kappa shape index (κ1) is 13.3. The van der Waals surface area contributed by atoms with E-state index in [2.05, 4.69) is 19.2 Å². The first-order valence-corrected chi connectivity index (χ1v) is 6.15. The third-order valence-electron chi connectivity index (χ3n) is 2.81. The number of carbonyl (C=O) groups is 1. The highest BCUT2D eigenvalue weighted by molar-refractivity contribution is 5.67. The van der Waals surface area contributed by atoms with Crippen molar-refractivity contribution in [3.63, 3.8) is 0 Å². The Morgan fingerprint density at radius 2 is 2.19 bits per heavy atom. The summed E-state index contributed by atoms with van der Waals surface area (Å²) in [7, 11) is 0. The van der Waals surface area contributed by atoms with E-state index in [9.17, 15) is 4.79 Å². The van der Waals surface area contributed by atoms with Crippen LogP contribution < -0.4 is 5.32 Å². The molecule has 1 aliphatic rings. The largest absolute Gasteiger partial charge is 0.449 e. The van der Waals surface area contributed by atoms with Crippen LogP contribution in [0.1, 0.15) is 29.1 Å². The number of carbonyl (C=O) groups excluding carboxylic acids is 1. The Kier molecular flexibility index (Phi) is 5.06. The molecule has 1 unspecified atom stereocenters. The van der Waals surface area contributed by atoms with Gasteiger partial charge in [-0.25, -0.2) is 4.79 Å². The van der Waals surface area contributed by atoms with Crippen LogP contribution in [0.4, 0.5) is 4.79 Å². The highest BCUT2D eigenvalue weighted by atomic mass is 16.6. The van der Waals surface area contributed by atoms with Crippen LogP contribution in [0.25, 0.3) is 0 Å². The van der Waals surface area contributed by atoms with Crippen LogP contribution in [0.2, 0.25) is 0 Å². The molecule has 4 heteroatoms. The van der Waals surface area contributed by atoms with Gasteiger partial charge < -0.3 is 15.0 Å². The van der Waals surface area contributed by atoms with E-state index in [4.69, 9.17) is 4.74 Å². The molecular weight excluding hydrogens is 204 g/mol. The zero-order chi connectivity index (χ0) is 12.1. The van der Waals surface area contributed by atoms with Crippen molar-refractivity contribution in [1.82, 2.24) is 10.2 Å². The Morgan fingerprint density at radius 3 is 2.75 bits per heavy atom. The summed E-state index contributed by atoms with van der Waals surface area (Å²) in [5.74, 6) is 0.938. The molecule has 1 aliphatic heterocycles. The van der Waals surface area contributed by atoms with E-state index in [1.54, 1.807) is 0 Å². The molecule has 4 nitrogen and oxygen atoms in total. The molecule has 1 fully saturated rings. The van der Waals surface area contributed by atoms with Crippen LogP contribution in [0.15, 0.2) is 0 Å². The molecule has 1 rings (SSSR count). The van der Waals surface area contributed by atoms with Gasteiger partial charge in [-0.3, -0.25) is 0 Å². The highest BCUT2D eigenvalue weighted by Gasteiger charge is 2.25. The average molecular weight is 230 g/mol. The van der Waals surface area contributed by atoms with E-state index < -0.39 is 0 Å². The maximum atomic E-state index is 11.7. The van der Waals surface area contributed by atoms with Gasteiger partial charge in [0.25, 0.3) is 0 Å². The van der Waals surface area contributed by atoms with Gasteiger partial charge in [0, 0.05) is 27.1 Å². The van der Waals surface area contributed by atoms with Gasteiger partial charge in [-0.05, 0) is 11.8 Å². The van der Waals surface area contributed by atoms with E-state index in [0.29, 0.717) is 24.5 Å². The summed E-state index contributed by atoms with van der Waals surface area (Å²) >= 11 is 0. The summed E-state index contributed by atoms with van der Waals surface area (Å²) in [4.78, 5) is 13.6. The molecule has 96 valence electrons. The number of hydrogen-bond donors (Lipinski definition) is 1. The van der Waals surface area contributed by atoms with Crippen LogP contribution in [0, 0.1) is 11.8 Å². The fourth-order valence-electron chi connectivity index (χ4n) is 1.72. The van der Waals surface area contributed by atoms with Gasteiger partial charge >= 0.3 is 6.09 Å². The summed E-state index contributed by atoms with van der Waals surface area (Å²) in [6.07, 6.45) is -0.166. The number of nitrogens with zero attached hydrogens (tertiary/aromatic N) is 1. The molecule has 0 bridgehead atoms. The average Bonchev–Trinajstić information content (AvgIpc) is 2.26. The molecule has 0 aliphatic carbocycles. The monoisotopic (exact) mass is 230 g/mol. The second-order valence-corrected chi connectivity index (χ2v) is 5.22. The number of ether oxygens (including phenoxy) is 1. The normalized spacial score (nSPS) is 21.6. The fourth-order valence-corrected chi connectivity index (χ4v) is 1.72. The molecule has 0 radical (unpaired) electrons. The summed E-state index contributed by atoms with van der Waals surface area (Å²) < 4.78 is 5.23. The molecule has 0 aromatic heterocycles. The topological polar surface area (TPSA) is 41.6 Å². The summed E-state index contributed by atoms with van der Waals surface area (Å²) in [6, 6.07) is 0.389. The Hall–Kier alpha value is -0.770. The van der Waals surface area contributed by atoms with Crippen molar-refractivity contribution >= 4 is 6.09 Å². The smallest absolute Gasteiger partial charge is 0.409 e. The van der Waals surface area contributed by atoms with E-state index in [1.807, 2.05) is 18.7 Å². The van der Waals surface area contributed by atoms with Crippen molar-refractivity contribution in [3.05, 3.63) is 0 Å². The maximum absolute atomic E-state index is 11.7. The van der Waals surface area contributed by atoms with Gasteiger partial charge in [-0.15, -0.1) is 0 Å². The molecule has 0 spiro atoms. The van der Waals surface area contributed by atoms with Crippen molar-refractivity contribution in [2.24, 2.45) is 11.8 Å². The van der Waals surface area contributed by atoms with Crippen LogP contribution in [0.3, 0.4) is 0 Å². The Labute approximate surface area is 99.8 Å². The van der Waals surface area contributed by atoms with E-state index in [-0.39, 0.29) is 7.52 Å². The third-order valence-corrected chi connectivity index (χ3v) is 2.81. The summed E-state index contributed by atoms with van der Waals surface area (Å²) in [5, 5.41) is 3.42. The lowest BCUT2D eigenvalue weighted by Crippen LogP contribution is -2.54. The number of amides is 1. The van der Waals surface area contributed by atoms with Gasteiger partial charge in [-0.1, -0.05) is 27.7 Å². The predicted octanol–water partition coefficient (Wildman–Crippen LogP) is 1.95. The van der Waals surface area contributed by atoms with Gasteiger partial charge in [0.15, 0.2) is 0 Å². The van der Waals surface area contributed by atoms with E-state index >= 15 is 0 Å². The zero-order valence-electron chi connectivity index (χ0n) is 10.8. The lowest BCUT2D eigenvalue weighted by Gasteiger charge is -2.35. The van der Waals surface area contributed by atoms with Crippen LogP contribution in [-0.2, 0) is 4.74 Å². The van der Waals surface area contributed by atoms with Gasteiger partial charge in [0.05, 0.1) is 6.61 Å². The third kappa shape index (κ3) is 4.00. The minimum atomic E-state index is -0.166. The Morgan fingerprint density at radius 1 is 1.50 bits per heavy atom. The molecule has 1 atom stereocenters. The SMILES string of the molecule is CC(C)COC(=O)N1CCNC(C(C)C)C1.[HH]. The number of nitrogens with one attached hydrogen (secondary N) is 1. The number of rotatable bonds is 3. The van der Waals surface area contributed by atoms with Gasteiger partial charge in [-0.2, -0.15) is 0 Å². The Bertz CT molecular complexity index is 235. The molecule has 1 N–H and O–H groups in total. The summed E-state index contributed by atoms with van der Waals surface area (Å²) in [5.41, 5.74) is 0. The minimum absolute atomic E-state index is 0. The lowest BCUT2D eigenvalue weighted by atomic mass is 10.0. The fraction of sp³-hybridized carbons (Fsp3) is 0.917. The lowest BCUT2D eigenvalue weighted by molar-refractivity contribution is 0.0777. The van der Waals surface area contributed by atoms with E-state index in [0.717, 1.165) is 19.6 Å². The minimum Gasteiger partial charge on any atom is -0.449 e. The van der Waals surface area contributed by atoms with Gasteiger partial charge in [0.2, 0.25) is 0 Å². The summed E-state index contributed by atoms with van der Waals surface area (Å²) in [6.45, 7) is 11.3. The van der Waals surface area contributed by atoms with Crippen LogP contribution in [0.5, 0.6) is 0 Å². The molecule has 1 amide bonds. The number of piperazine rings is 1. The van der Waals surface area contributed by atoms with Crippen LogP contribution >= 0.6 is 0 Å². The maximum Gasteiger partial charge on any atom is 0.409 e. The molecule has 0 aromatic carbocycles. The highest BCUT2D eigenvalue weighted by Crippen LogP contribution is 2.09. The molecule has 16 heavy (non-hydrogen) atoms. The molecular formula is C12H26N2O2. The standard InChI is InChI=1S/C12H24N2O2.H2/c1-9(2)8-16-12(15)14-6-5-13-11(7-14)10(3)4;/h9-11,13H,5-8H2,1-4H3;1H. The van der Waals surface area contributed by atoms with Crippen molar-refractivity contribution in [2.45, 2.75) is 33.7 Å². The Balaban J connectivity index is 0.00000256.